The highest BCUT2D eigenvalue weighted by Crippen LogP contribution is 2.19. The van der Waals surface area contributed by atoms with Crippen LogP contribution in [0, 0.1) is 5.82 Å². The summed E-state index contributed by atoms with van der Waals surface area (Å²) in [7, 11) is -0.171. The van der Waals surface area contributed by atoms with Crippen LogP contribution >= 0.6 is 15.9 Å². The van der Waals surface area contributed by atoms with Crippen LogP contribution in [0.15, 0.2) is 32.5 Å². The molecule has 154 valence electrons. The van der Waals surface area contributed by atoms with Gasteiger partial charge in [-0.15, -0.1) is 0 Å². The molecule has 0 radical (unpaired) electrons. The van der Waals surface area contributed by atoms with Gasteiger partial charge in [0, 0.05) is 20.5 Å². The molecule has 0 saturated carbocycles. The molecule has 2 aromatic rings. The number of halogens is 2. The van der Waals surface area contributed by atoms with E-state index in [1.807, 2.05) is 0 Å². The zero-order chi connectivity index (χ0) is 20.7. The number of aromatic nitrogens is 2. The number of sulfonamides is 1. The van der Waals surface area contributed by atoms with Crippen molar-refractivity contribution in [1.29, 1.82) is 0 Å². The molecular formula is C17H22BrFN4O4S. The first-order valence-electron chi connectivity index (χ1n) is 8.61. The van der Waals surface area contributed by atoms with E-state index in [0.717, 1.165) is 5.56 Å². The van der Waals surface area contributed by atoms with E-state index in [4.69, 9.17) is 4.63 Å². The number of aryl methyl sites for hydroxylation is 1. The van der Waals surface area contributed by atoms with Crippen LogP contribution in [-0.2, 0) is 22.9 Å². The van der Waals surface area contributed by atoms with Crippen LogP contribution in [0.1, 0.15) is 36.2 Å². The summed E-state index contributed by atoms with van der Waals surface area (Å²) in [5.74, 6) is -0.293. The summed E-state index contributed by atoms with van der Waals surface area (Å²) in [5, 5.41) is 20.4. The molecule has 0 fully saturated rings. The maximum atomic E-state index is 13.4. The van der Waals surface area contributed by atoms with E-state index in [-0.39, 0.29) is 23.7 Å². The molecule has 1 heterocycles. The normalized spacial score (nSPS) is 12.7. The Hall–Kier alpha value is -1.85. The summed E-state index contributed by atoms with van der Waals surface area (Å²) in [6.45, 7) is 0. The minimum absolute atomic E-state index is 0.0900. The highest BCUT2D eigenvalue weighted by Gasteiger charge is 2.18. The molecule has 0 saturated heterocycles. The van der Waals surface area contributed by atoms with Crippen LogP contribution < -0.4 is 0 Å². The summed E-state index contributed by atoms with van der Waals surface area (Å²) in [5.41, 5.74) is 1.85. The van der Waals surface area contributed by atoms with Gasteiger partial charge in [0.1, 0.15) is 17.2 Å². The van der Waals surface area contributed by atoms with Gasteiger partial charge in [-0.1, -0.05) is 22.8 Å². The van der Waals surface area contributed by atoms with Crippen LogP contribution in [-0.4, -0.2) is 53.8 Å². The average molecular weight is 477 g/mol. The molecule has 0 aliphatic rings. The van der Waals surface area contributed by atoms with E-state index in [2.05, 4.69) is 31.4 Å². The molecule has 11 heteroatoms. The Morgan fingerprint density at radius 1 is 1.29 bits per heavy atom. The van der Waals surface area contributed by atoms with Gasteiger partial charge >= 0.3 is 0 Å². The highest BCUT2D eigenvalue weighted by molar-refractivity contribution is 9.10. The largest absolute Gasteiger partial charge is 0.411 e. The van der Waals surface area contributed by atoms with Crippen LogP contribution in [0.3, 0.4) is 0 Å². The van der Waals surface area contributed by atoms with Gasteiger partial charge in [0.05, 0.1) is 10.2 Å². The van der Waals surface area contributed by atoms with Crippen molar-refractivity contribution < 1.29 is 22.6 Å². The number of oxime groups is 1. The lowest BCUT2D eigenvalue weighted by atomic mass is 10.0. The Kier molecular flexibility index (Phi) is 8.08. The van der Waals surface area contributed by atoms with Crippen molar-refractivity contribution in [2.45, 2.75) is 32.1 Å². The molecular weight excluding hydrogens is 455 g/mol. The SMILES string of the molecule is CN(C)S(=O)(=O)CCCCCc1nonc1/C(Cc1ccc(F)c(Br)c1)=N/O. The molecule has 1 aromatic heterocycles. The first kappa shape index (κ1) is 22.4. The Morgan fingerprint density at radius 2 is 2.04 bits per heavy atom. The monoisotopic (exact) mass is 476 g/mol. The van der Waals surface area contributed by atoms with E-state index in [1.54, 1.807) is 12.1 Å². The van der Waals surface area contributed by atoms with Crippen molar-refractivity contribution >= 4 is 31.7 Å². The summed E-state index contributed by atoms with van der Waals surface area (Å²) < 4.78 is 43.2. The number of benzene rings is 1. The van der Waals surface area contributed by atoms with Gasteiger partial charge in [-0.2, -0.15) is 0 Å². The predicted molar refractivity (Wildman–Crippen MR) is 105 cm³/mol. The molecule has 8 nitrogen and oxygen atoms in total. The molecule has 1 N–H and O–H groups in total. The zero-order valence-electron chi connectivity index (χ0n) is 15.6. The maximum absolute atomic E-state index is 13.4. The van der Waals surface area contributed by atoms with Gasteiger partial charge in [0.15, 0.2) is 5.69 Å². The lowest BCUT2D eigenvalue weighted by Crippen LogP contribution is -2.25. The second-order valence-corrected chi connectivity index (χ2v) is 9.60. The summed E-state index contributed by atoms with van der Waals surface area (Å²) >= 11 is 3.12. The lowest BCUT2D eigenvalue weighted by Gasteiger charge is -2.10. The van der Waals surface area contributed by atoms with Crippen LogP contribution in [0.25, 0.3) is 0 Å². The third kappa shape index (κ3) is 6.08. The Bertz CT molecular complexity index is 931. The van der Waals surface area contributed by atoms with E-state index in [0.29, 0.717) is 41.5 Å². The van der Waals surface area contributed by atoms with Gasteiger partial charge < -0.3 is 5.21 Å². The van der Waals surface area contributed by atoms with Crippen molar-refractivity contribution in [2.75, 3.05) is 19.8 Å². The Morgan fingerprint density at radius 3 is 2.68 bits per heavy atom. The fourth-order valence-corrected chi connectivity index (χ4v) is 3.90. The first-order chi connectivity index (χ1) is 13.2. The fraction of sp³-hybridized carbons (Fsp3) is 0.471. The van der Waals surface area contributed by atoms with Gasteiger partial charge in [0.2, 0.25) is 10.0 Å². The van der Waals surface area contributed by atoms with E-state index in [1.165, 1.54) is 24.5 Å². The average Bonchev–Trinajstić information content (AvgIpc) is 3.10. The Labute approximate surface area is 171 Å². The molecule has 0 aliphatic carbocycles. The van der Waals surface area contributed by atoms with Gasteiger partial charge in [-0.25, -0.2) is 21.7 Å². The molecule has 1 aromatic carbocycles. The number of nitrogens with zero attached hydrogens (tertiary/aromatic N) is 4. The molecule has 0 unspecified atom stereocenters. The second-order valence-electron chi connectivity index (χ2n) is 6.44. The number of rotatable bonds is 10. The van der Waals surface area contributed by atoms with E-state index in [9.17, 15) is 18.0 Å². The molecule has 2 rings (SSSR count). The Balaban J connectivity index is 1.95. The summed E-state index contributed by atoms with van der Waals surface area (Å²) in [6.07, 6.45) is 2.64. The van der Waals surface area contributed by atoms with Gasteiger partial charge in [-0.3, -0.25) is 0 Å². The topological polar surface area (TPSA) is 109 Å². The minimum Gasteiger partial charge on any atom is -0.411 e. The first-order valence-corrected chi connectivity index (χ1v) is 11.0. The molecule has 28 heavy (non-hydrogen) atoms. The fourth-order valence-electron chi connectivity index (χ4n) is 2.54. The molecule has 0 atom stereocenters. The summed E-state index contributed by atoms with van der Waals surface area (Å²) in [6, 6.07) is 4.50. The maximum Gasteiger partial charge on any atom is 0.213 e. The highest BCUT2D eigenvalue weighted by atomic mass is 79.9. The second kappa shape index (κ2) is 10.1. The zero-order valence-corrected chi connectivity index (χ0v) is 18.0. The van der Waals surface area contributed by atoms with Crippen LogP contribution in [0.5, 0.6) is 0 Å². The standard InChI is InChI=1S/C17H22BrFN4O4S/c1-23(2)28(25,26)9-5-3-4-6-15-17(22-27-21-15)16(20-24)11-12-7-8-14(19)13(18)10-12/h7-8,10,24H,3-6,9,11H2,1-2H3/b20-16+. The van der Waals surface area contributed by atoms with E-state index >= 15 is 0 Å². The molecule has 0 amide bonds. The minimum atomic E-state index is -3.20. The van der Waals surface area contributed by atoms with Gasteiger partial charge in [-0.05, 0) is 58.0 Å². The number of hydrogen-bond donors (Lipinski definition) is 1. The van der Waals surface area contributed by atoms with Crippen molar-refractivity contribution in [3.63, 3.8) is 0 Å². The molecule has 0 spiro atoms. The van der Waals surface area contributed by atoms with E-state index < -0.39 is 10.0 Å². The summed E-state index contributed by atoms with van der Waals surface area (Å²) in [4.78, 5) is 0. The van der Waals surface area contributed by atoms with Crippen LogP contribution in [0.4, 0.5) is 4.39 Å². The van der Waals surface area contributed by atoms with Crippen molar-refractivity contribution in [3.8, 4) is 0 Å². The van der Waals surface area contributed by atoms with Crippen LogP contribution in [0.2, 0.25) is 0 Å². The molecule has 0 aliphatic heterocycles. The quantitative estimate of drug-likeness (QED) is 0.244. The smallest absolute Gasteiger partial charge is 0.213 e. The van der Waals surface area contributed by atoms with Gasteiger partial charge in [0.25, 0.3) is 0 Å². The molecule has 0 bridgehead atoms. The van der Waals surface area contributed by atoms with Crippen molar-refractivity contribution in [3.05, 3.63) is 45.4 Å². The number of unbranched alkanes of at least 4 members (excludes halogenated alkanes) is 2. The third-order valence-corrected chi connectivity index (χ3v) is 6.70. The third-order valence-electron chi connectivity index (χ3n) is 4.18. The number of hydrogen-bond acceptors (Lipinski definition) is 7. The lowest BCUT2D eigenvalue weighted by molar-refractivity contribution is 0.300. The van der Waals surface area contributed by atoms with Crippen molar-refractivity contribution in [2.24, 2.45) is 5.16 Å². The van der Waals surface area contributed by atoms with Crippen molar-refractivity contribution in [1.82, 2.24) is 14.6 Å². The predicted octanol–water partition coefficient (Wildman–Crippen LogP) is 3.00.